The molecule has 0 unspecified atom stereocenters. The van der Waals surface area contributed by atoms with E-state index >= 15 is 0 Å². The summed E-state index contributed by atoms with van der Waals surface area (Å²) in [5, 5.41) is 6.31. The van der Waals surface area contributed by atoms with Gasteiger partial charge < -0.3 is 5.32 Å². The number of sulfonamides is 1. The molecule has 0 saturated carbocycles. The number of aromatic nitrogens is 2. The number of nitrogens with zero attached hydrogens (tertiary/aromatic N) is 3. The van der Waals surface area contributed by atoms with Crippen LogP contribution >= 0.6 is 11.6 Å². The van der Waals surface area contributed by atoms with Gasteiger partial charge in [0.2, 0.25) is 10.0 Å². The van der Waals surface area contributed by atoms with Crippen LogP contribution in [0.2, 0.25) is 5.02 Å². The highest BCUT2D eigenvalue weighted by Gasteiger charge is 2.40. The third-order valence-corrected chi connectivity index (χ3v) is 5.64. The van der Waals surface area contributed by atoms with E-state index < -0.39 is 33.4 Å². The molecular formula is C17H20ClF3N4O3S. The predicted molar refractivity (Wildman–Crippen MR) is 103 cm³/mol. The summed E-state index contributed by atoms with van der Waals surface area (Å²) < 4.78 is 65.7. The molecular weight excluding hydrogens is 433 g/mol. The van der Waals surface area contributed by atoms with Gasteiger partial charge in [0, 0.05) is 24.7 Å². The molecule has 0 bridgehead atoms. The zero-order valence-corrected chi connectivity index (χ0v) is 17.3. The molecule has 1 amide bonds. The molecule has 1 N–H and O–H groups in total. The zero-order valence-electron chi connectivity index (χ0n) is 15.7. The topological polar surface area (TPSA) is 84.3 Å². The normalized spacial score (nSPS) is 12.4. The van der Waals surface area contributed by atoms with Gasteiger partial charge in [-0.05, 0) is 24.6 Å². The minimum atomic E-state index is -4.83. The molecule has 0 atom stereocenters. The van der Waals surface area contributed by atoms with Gasteiger partial charge in [-0.2, -0.15) is 18.3 Å². The number of benzene rings is 1. The number of hydrogen-bond acceptors (Lipinski definition) is 4. The summed E-state index contributed by atoms with van der Waals surface area (Å²) >= 11 is 5.84. The van der Waals surface area contributed by atoms with E-state index in [1.165, 1.54) is 28.6 Å². The lowest BCUT2D eigenvalue weighted by Gasteiger charge is -2.17. The quantitative estimate of drug-likeness (QED) is 0.624. The van der Waals surface area contributed by atoms with E-state index in [1.807, 2.05) is 0 Å². The molecule has 1 aromatic carbocycles. The fourth-order valence-corrected chi connectivity index (χ4v) is 3.82. The molecule has 0 aliphatic carbocycles. The summed E-state index contributed by atoms with van der Waals surface area (Å²) in [5.41, 5.74) is -1.79. The summed E-state index contributed by atoms with van der Waals surface area (Å²) in [7, 11) is -3.38. The summed E-state index contributed by atoms with van der Waals surface area (Å²) in [6.07, 6.45) is -2.68. The number of halogens is 4. The molecule has 0 radical (unpaired) electrons. The SMILES string of the molecule is CCN(CCCNC(=O)c1cnn(-c2cccc(Cl)c2)c1C(F)(F)F)S(C)(=O)=O. The Kier molecular flexibility index (Phi) is 7.30. The molecule has 0 spiro atoms. The fraction of sp³-hybridized carbons (Fsp3) is 0.412. The zero-order chi connectivity index (χ0) is 21.8. The lowest BCUT2D eigenvalue weighted by atomic mass is 10.2. The number of rotatable bonds is 8. The van der Waals surface area contributed by atoms with Gasteiger partial charge in [-0.25, -0.2) is 17.4 Å². The Hall–Kier alpha value is -2.11. The Bertz CT molecular complexity index is 977. The Labute approximate surface area is 171 Å². The minimum absolute atomic E-state index is 0.00446. The minimum Gasteiger partial charge on any atom is -0.352 e. The third kappa shape index (κ3) is 5.94. The average molecular weight is 453 g/mol. The van der Waals surface area contributed by atoms with Crippen LogP contribution in [-0.4, -0.2) is 54.3 Å². The second-order valence-electron chi connectivity index (χ2n) is 6.16. The molecule has 12 heteroatoms. The van der Waals surface area contributed by atoms with Crippen LogP contribution in [0.15, 0.2) is 30.5 Å². The fourth-order valence-electron chi connectivity index (χ4n) is 2.70. The Morgan fingerprint density at radius 3 is 2.59 bits per heavy atom. The second kappa shape index (κ2) is 9.14. The highest BCUT2D eigenvalue weighted by Crippen LogP contribution is 2.34. The summed E-state index contributed by atoms with van der Waals surface area (Å²) in [6.45, 7) is 2.07. The maximum absolute atomic E-state index is 13.6. The number of nitrogens with one attached hydrogen (secondary N) is 1. The molecule has 29 heavy (non-hydrogen) atoms. The van der Waals surface area contributed by atoms with Gasteiger partial charge in [0.1, 0.15) is 0 Å². The van der Waals surface area contributed by atoms with Gasteiger partial charge in [-0.3, -0.25) is 4.79 Å². The van der Waals surface area contributed by atoms with Crippen LogP contribution < -0.4 is 5.32 Å². The van der Waals surface area contributed by atoms with Crippen molar-refractivity contribution in [2.45, 2.75) is 19.5 Å². The lowest BCUT2D eigenvalue weighted by molar-refractivity contribution is -0.143. The van der Waals surface area contributed by atoms with E-state index in [0.29, 0.717) is 4.68 Å². The van der Waals surface area contributed by atoms with Crippen molar-refractivity contribution in [3.8, 4) is 5.69 Å². The van der Waals surface area contributed by atoms with E-state index in [4.69, 9.17) is 11.6 Å². The molecule has 0 saturated heterocycles. The van der Waals surface area contributed by atoms with Crippen LogP contribution in [0.1, 0.15) is 29.4 Å². The Balaban J connectivity index is 2.17. The summed E-state index contributed by atoms with van der Waals surface area (Å²) in [4.78, 5) is 12.3. The monoisotopic (exact) mass is 452 g/mol. The summed E-state index contributed by atoms with van der Waals surface area (Å²) in [5.74, 6) is -0.951. The second-order valence-corrected chi connectivity index (χ2v) is 8.58. The van der Waals surface area contributed by atoms with Crippen LogP contribution in [-0.2, 0) is 16.2 Å². The highest BCUT2D eigenvalue weighted by atomic mass is 35.5. The first-order chi connectivity index (χ1) is 13.4. The van der Waals surface area contributed by atoms with Gasteiger partial charge in [0.25, 0.3) is 5.91 Å². The molecule has 0 fully saturated rings. The summed E-state index contributed by atoms with van der Waals surface area (Å²) in [6, 6.07) is 5.67. The first-order valence-corrected chi connectivity index (χ1v) is 10.8. The standard InChI is InChI=1S/C17H20ClF3N4O3S/c1-3-24(29(2,27)28)9-5-8-22-16(26)14-11-23-25(15(14)17(19,20)21)13-7-4-6-12(18)10-13/h4,6-7,10-11H,3,5,8-9H2,1-2H3,(H,22,26). The predicted octanol–water partition coefficient (Wildman–Crippen LogP) is 2.95. The molecule has 7 nitrogen and oxygen atoms in total. The molecule has 2 aromatic rings. The largest absolute Gasteiger partial charge is 0.434 e. The number of amides is 1. The molecule has 0 aliphatic heterocycles. The van der Waals surface area contributed by atoms with Gasteiger partial charge in [-0.1, -0.05) is 24.6 Å². The van der Waals surface area contributed by atoms with Crippen molar-refractivity contribution in [2.24, 2.45) is 0 Å². The first-order valence-electron chi connectivity index (χ1n) is 8.59. The molecule has 0 aliphatic rings. The van der Waals surface area contributed by atoms with Crippen LogP contribution in [0.5, 0.6) is 0 Å². The van der Waals surface area contributed by atoms with E-state index in [1.54, 1.807) is 6.92 Å². The number of carbonyl (C=O) groups excluding carboxylic acids is 1. The number of hydrogen-bond donors (Lipinski definition) is 1. The van der Waals surface area contributed by atoms with Crippen LogP contribution in [0.4, 0.5) is 13.2 Å². The highest BCUT2D eigenvalue weighted by molar-refractivity contribution is 7.88. The van der Waals surface area contributed by atoms with Gasteiger partial charge in [-0.15, -0.1) is 0 Å². The van der Waals surface area contributed by atoms with E-state index in [9.17, 15) is 26.4 Å². The van der Waals surface area contributed by atoms with Crippen LogP contribution in [0.25, 0.3) is 5.69 Å². The van der Waals surface area contributed by atoms with Crippen molar-refractivity contribution in [3.05, 3.63) is 46.7 Å². The number of carbonyl (C=O) groups is 1. The first kappa shape index (κ1) is 23.2. The maximum Gasteiger partial charge on any atom is 0.434 e. The van der Waals surface area contributed by atoms with Crippen molar-refractivity contribution in [1.29, 1.82) is 0 Å². The van der Waals surface area contributed by atoms with Crippen LogP contribution in [0.3, 0.4) is 0 Å². The molecule has 1 aromatic heterocycles. The Morgan fingerprint density at radius 1 is 1.34 bits per heavy atom. The van der Waals surface area contributed by atoms with Gasteiger partial charge in [0.05, 0.1) is 23.7 Å². The third-order valence-electron chi connectivity index (χ3n) is 4.03. The van der Waals surface area contributed by atoms with Crippen molar-refractivity contribution in [1.82, 2.24) is 19.4 Å². The van der Waals surface area contributed by atoms with Gasteiger partial charge >= 0.3 is 6.18 Å². The van der Waals surface area contributed by atoms with Crippen molar-refractivity contribution in [2.75, 3.05) is 25.9 Å². The lowest BCUT2D eigenvalue weighted by Crippen LogP contribution is -2.34. The smallest absolute Gasteiger partial charge is 0.352 e. The van der Waals surface area contributed by atoms with Crippen LogP contribution in [0, 0.1) is 0 Å². The van der Waals surface area contributed by atoms with Crippen molar-refractivity contribution in [3.63, 3.8) is 0 Å². The Morgan fingerprint density at radius 2 is 2.03 bits per heavy atom. The molecule has 2 rings (SSSR count). The number of alkyl halides is 3. The average Bonchev–Trinajstić information content (AvgIpc) is 3.06. The van der Waals surface area contributed by atoms with Gasteiger partial charge in [0.15, 0.2) is 5.69 Å². The van der Waals surface area contributed by atoms with Crippen molar-refractivity contribution < 1.29 is 26.4 Å². The molecule has 1 heterocycles. The van der Waals surface area contributed by atoms with E-state index in [0.717, 1.165) is 12.5 Å². The van der Waals surface area contributed by atoms with Crippen molar-refractivity contribution >= 4 is 27.5 Å². The van der Waals surface area contributed by atoms with E-state index in [-0.39, 0.29) is 36.8 Å². The molecule has 160 valence electrons. The maximum atomic E-state index is 13.6. The van der Waals surface area contributed by atoms with E-state index in [2.05, 4.69) is 10.4 Å².